The van der Waals surface area contributed by atoms with Crippen molar-refractivity contribution in [3.63, 3.8) is 0 Å². The Bertz CT molecular complexity index is 462. The zero-order valence-corrected chi connectivity index (χ0v) is 7.71. The van der Waals surface area contributed by atoms with E-state index in [1.165, 1.54) is 6.33 Å². The highest BCUT2D eigenvalue weighted by Crippen LogP contribution is 2.13. The molecule has 0 radical (unpaired) electrons. The van der Waals surface area contributed by atoms with E-state index in [1.807, 2.05) is 31.2 Å². The second-order valence-electron chi connectivity index (χ2n) is 2.96. The molecule has 0 bridgehead atoms. The van der Waals surface area contributed by atoms with Gasteiger partial charge in [0.05, 0.1) is 5.69 Å². The molecule has 4 nitrogen and oxygen atoms in total. The van der Waals surface area contributed by atoms with Crippen LogP contribution >= 0.6 is 0 Å². The Morgan fingerprint density at radius 1 is 1.36 bits per heavy atom. The molecular weight excluding hydrogens is 178 g/mol. The van der Waals surface area contributed by atoms with Crippen LogP contribution in [0.4, 0.5) is 0 Å². The summed E-state index contributed by atoms with van der Waals surface area (Å²) in [7, 11) is 0. The van der Waals surface area contributed by atoms with Crippen LogP contribution in [0.2, 0.25) is 0 Å². The molecule has 0 atom stereocenters. The van der Waals surface area contributed by atoms with E-state index in [4.69, 9.17) is 0 Å². The molecule has 0 N–H and O–H groups in total. The van der Waals surface area contributed by atoms with Gasteiger partial charge >= 0.3 is 0 Å². The lowest BCUT2D eigenvalue weighted by atomic mass is 10.2. The predicted octanol–water partition coefficient (Wildman–Crippen LogP) is 1.39. The Hall–Kier alpha value is -1.97. The third-order valence-electron chi connectivity index (χ3n) is 2.05. The lowest BCUT2D eigenvalue weighted by Gasteiger charge is -2.05. The first kappa shape index (κ1) is 8.62. The van der Waals surface area contributed by atoms with Crippen LogP contribution in [0, 0.1) is 6.92 Å². The third kappa shape index (κ3) is 1.31. The Kier molecular flexibility index (Phi) is 2.10. The van der Waals surface area contributed by atoms with Crippen molar-refractivity contribution in [3.8, 4) is 5.69 Å². The number of nitrogens with zero attached hydrogens (tertiary/aromatic N) is 3. The van der Waals surface area contributed by atoms with Gasteiger partial charge in [0.25, 0.3) is 0 Å². The van der Waals surface area contributed by atoms with Gasteiger partial charge in [-0.25, -0.2) is 0 Å². The van der Waals surface area contributed by atoms with Crippen LogP contribution in [0.25, 0.3) is 5.69 Å². The Morgan fingerprint density at radius 2 is 2.14 bits per heavy atom. The summed E-state index contributed by atoms with van der Waals surface area (Å²) in [5, 5.41) is 7.39. The molecule has 0 aliphatic heterocycles. The predicted molar refractivity (Wildman–Crippen MR) is 51.5 cm³/mol. The van der Waals surface area contributed by atoms with Crippen molar-refractivity contribution in [1.29, 1.82) is 0 Å². The van der Waals surface area contributed by atoms with Gasteiger partial charge in [0, 0.05) is 0 Å². The van der Waals surface area contributed by atoms with Crippen LogP contribution in [-0.4, -0.2) is 21.1 Å². The van der Waals surface area contributed by atoms with Crippen molar-refractivity contribution >= 4 is 6.29 Å². The van der Waals surface area contributed by atoms with Crippen molar-refractivity contribution in [3.05, 3.63) is 42.0 Å². The van der Waals surface area contributed by atoms with Gasteiger partial charge in [-0.15, -0.1) is 10.2 Å². The van der Waals surface area contributed by atoms with Gasteiger partial charge in [-0.1, -0.05) is 18.2 Å². The standard InChI is InChI=1S/C10H9N3O/c1-8-4-2-3-5-9(8)13-7-11-12-10(13)6-14/h2-7H,1H3. The summed E-state index contributed by atoms with van der Waals surface area (Å²) in [6, 6.07) is 7.76. The van der Waals surface area contributed by atoms with E-state index in [0.717, 1.165) is 11.3 Å². The minimum absolute atomic E-state index is 0.319. The van der Waals surface area contributed by atoms with Gasteiger partial charge in [0.15, 0.2) is 6.29 Å². The molecule has 0 spiro atoms. The maximum absolute atomic E-state index is 10.6. The van der Waals surface area contributed by atoms with Crippen LogP contribution in [0.15, 0.2) is 30.6 Å². The van der Waals surface area contributed by atoms with E-state index >= 15 is 0 Å². The van der Waals surface area contributed by atoms with Crippen molar-refractivity contribution < 1.29 is 4.79 Å². The lowest BCUT2D eigenvalue weighted by molar-refractivity contribution is 0.111. The smallest absolute Gasteiger partial charge is 0.201 e. The molecule has 0 saturated carbocycles. The highest BCUT2D eigenvalue weighted by atomic mass is 16.1. The average molecular weight is 187 g/mol. The van der Waals surface area contributed by atoms with Crippen LogP contribution in [0.3, 0.4) is 0 Å². The molecular formula is C10H9N3O. The van der Waals surface area contributed by atoms with Gasteiger partial charge in [0.2, 0.25) is 5.82 Å². The van der Waals surface area contributed by atoms with Crippen molar-refractivity contribution in [2.45, 2.75) is 6.92 Å². The van der Waals surface area contributed by atoms with Gasteiger partial charge < -0.3 is 0 Å². The quantitative estimate of drug-likeness (QED) is 0.667. The molecule has 0 saturated heterocycles. The first-order valence-corrected chi connectivity index (χ1v) is 4.24. The van der Waals surface area contributed by atoms with Gasteiger partial charge in [-0.3, -0.25) is 9.36 Å². The summed E-state index contributed by atoms with van der Waals surface area (Å²) >= 11 is 0. The number of carbonyl (C=O) groups excluding carboxylic acids is 1. The van der Waals surface area contributed by atoms with E-state index in [0.29, 0.717) is 12.1 Å². The summed E-state index contributed by atoms with van der Waals surface area (Å²) in [6.07, 6.45) is 2.23. The second-order valence-corrected chi connectivity index (χ2v) is 2.96. The molecule has 2 rings (SSSR count). The lowest BCUT2D eigenvalue weighted by Crippen LogP contribution is -2.00. The van der Waals surface area contributed by atoms with Crippen LogP contribution in [0.5, 0.6) is 0 Å². The largest absolute Gasteiger partial charge is 0.294 e. The average Bonchev–Trinajstić information content (AvgIpc) is 2.66. The summed E-state index contributed by atoms with van der Waals surface area (Å²) in [4.78, 5) is 10.6. The highest BCUT2D eigenvalue weighted by molar-refractivity contribution is 5.70. The normalized spacial score (nSPS) is 10.1. The molecule has 0 unspecified atom stereocenters. The molecule has 1 heterocycles. The Morgan fingerprint density at radius 3 is 2.86 bits per heavy atom. The molecule has 1 aromatic heterocycles. The zero-order valence-electron chi connectivity index (χ0n) is 7.71. The number of aromatic nitrogens is 3. The number of hydrogen-bond donors (Lipinski definition) is 0. The van der Waals surface area contributed by atoms with Gasteiger partial charge in [-0.05, 0) is 18.6 Å². The molecule has 4 heteroatoms. The number of para-hydroxylation sites is 1. The maximum Gasteiger partial charge on any atom is 0.201 e. The minimum atomic E-state index is 0.319. The summed E-state index contributed by atoms with van der Waals surface area (Å²) in [5.74, 6) is 0.319. The van der Waals surface area contributed by atoms with E-state index in [1.54, 1.807) is 4.57 Å². The SMILES string of the molecule is Cc1ccccc1-n1cnnc1C=O. The fraction of sp³-hybridized carbons (Fsp3) is 0.100. The summed E-state index contributed by atoms with van der Waals surface area (Å²) < 4.78 is 1.67. The summed E-state index contributed by atoms with van der Waals surface area (Å²) in [6.45, 7) is 1.98. The van der Waals surface area contributed by atoms with Crippen LogP contribution < -0.4 is 0 Å². The number of aryl methyl sites for hydroxylation is 1. The number of carbonyl (C=O) groups is 1. The van der Waals surface area contributed by atoms with Crippen molar-refractivity contribution in [2.24, 2.45) is 0 Å². The van der Waals surface area contributed by atoms with Crippen LogP contribution in [0.1, 0.15) is 16.2 Å². The third-order valence-corrected chi connectivity index (χ3v) is 2.05. The zero-order chi connectivity index (χ0) is 9.97. The number of rotatable bonds is 2. The molecule has 0 fully saturated rings. The van der Waals surface area contributed by atoms with Gasteiger partial charge in [0.1, 0.15) is 6.33 Å². The first-order chi connectivity index (χ1) is 6.83. The molecule has 1 aromatic carbocycles. The van der Waals surface area contributed by atoms with Crippen LogP contribution in [-0.2, 0) is 0 Å². The topological polar surface area (TPSA) is 47.8 Å². The molecule has 0 aliphatic rings. The number of benzene rings is 1. The molecule has 70 valence electrons. The Balaban J connectivity index is 2.60. The highest BCUT2D eigenvalue weighted by Gasteiger charge is 2.05. The second kappa shape index (κ2) is 3.41. The monoisotopic (exact) mass is 187 g/mol. The van der Waals surface area contributed by atoms with E-state index < -0.39 is 0 Å². The van der Waals surface area contributed by atoms with E-state index in [2.05, 4.69) is 10.2 Å². The minimum Gasteiger partial charge on any atom is -0.294 e. The number of hydrogen-bond acceptors (Lipinski definition) is 3. The van der Waals surface area contributed by atoms with Crippen molar-refractivity contribution in [1.82, 2.24) is 14.8 Å². The number of aldehydes is 1. The summed E-state index contributed by atoms with van der Waals surface area (Å²) in [5.41, 5.74) is 2.01. The Labute approximate surface area is 81.2 Å². The molecule has 0 aliphatic carbocycles. The first-order valence-electron chi connectivity index (χ1n) is 4.24. The molecule has 2 aromatic rings. The fourth-order valence-electron chi connectivity index (χ4n) is 1.34. The fourth-order valence-corrected chi connectivity index (χ4v) is 1.34. The van der Waals surface area contributed by atoms with Crippen molar-refractivity contribution in [2.75, 3.05) is 0 Å². The molecule has 14 heavy (non-hydrogen) atoms. The maximum atomic E-state index is 10.6. The molecule has 0 amide bonds. The van der Waals surface area contributed by atoms with E-state index in [-0.39, 0.29) is 0 Å². The van der Waals surface area contributed by atoms with Gasteiger partial charge in [-0.2, -0.15) is 0 Å². The van der Waals surface area contributed by atoms with E-state index in [9.17, 15) is 4.79 Å².